The van der Waals surface area contributed by atoms with E-state index in [0.29, 0.717) is 5.56 Å². The van der Waals surface area contributed by atoms with Crippen LogP contribution in [0, 0.1) is 13.8 Å². The van der Waals surface area contributed by atoms with Gasteiger partial charge in [-0.2, -0.15) is 0 Å². The van der Waals surface area contributed by atoms with E-state index in [-0.39, 0.29) is 0 Å². The number of rotatable bonds is 4. The third kappa shape index (κ3) is 2.95. The number of ketones is 2. The lowest BCUT2D eigenvalue weighted by molar-refractivity contribution is -0.128. The van der Waals surface area contributed by atoms with Crippen LogP contribution in [0.25, 0.3) is 0 Å². The van der Waals surface area contributed by atoms with Crippen LogP contribution in [0.3, 0.4) is 0 Å². The van der Waals surface area contributed by atoms with Crippen LogP contribution in [0.2, 0.25) is 0 Å². The summed E-state index contributed by atoms with van der Waals surface area (Å²) in [6.07, 6.45) is -3.81. The standard InChI is InChI=1S/C12H12F2O2/c1-7-3-4-9(5-8(7)2)10(15)6-11(16)12(13)14/h3-5,12H,6H2,1-2H3. The zero-order valence-corrected chi connectivity index (χ0v) is 9.09. The highest BCUT2D eigenvalue weighted by molar-refractivity contribution is 6.08. The molecule has 0 saturated heterocycles. The number of Topliss-reactive ketones (excluding diaryl/α,β-unsaturated/α-hetero) is 2. The van der Waals surface area contributed by atoms with E-state index in [1.165, 1.54) is 0 Å². The van der Waals surface area contributed by atoms with Crippen molar-refractivity contribution in [3.8, 4) is 0 Å². The summed E-state index contributed by atoms with van der Waals surface area (Å²) in [6, 6.07) is 4.88. The van der Waals surface area contributed by atoms with Crippen molar-refractivity contribution in [3.05, 3.63) is 34.9 Å². The van der Waals surface area contributed by atoms with Crippen molar-refractivity contribution in [3.63, 3.8) is 0 Å². The Balaban J connectivity index is 2.81. The van der Waals surface area contributed by atoms with Crippen molar-refractivity contribution >= 4 is 11.6 Å². The SMILES string of the molecule is Cc1ccc(C(=O)CC(=O)C(F)F)cc1C. The maximum Gasteiger partial charge on any atom is 0.296 e. The summed E-state index contributed by atoms with van der Waals surface area (Å²) >= 11 is 0. The van der Waals surface area contributed by atoms with Gasteiger partial charge in [-0.15, -0.1) is 0 Å². The van der Waals surface area contributed by atoms with E-state index in [9.17, 15) is 18.4 Å². The Labute approximate surface area is 92.3 Å². The van der Waals surface area contributed by atoms with E-state index in [2.05, 4.69) is 0 Å². The molecule has 1 aromatic carbocycles. The van der Waals surface area contributed by atoms with Gasteiger partial charge in [-0.1, -0.05) is 12.1 Å². The molecule has 0 saturated carbocycles. The van der Waals surface area contributed by atoms with Crippen molar-refractivity contribution in [2.75, 3.05) is 0 Å². The highest BCUT2D eigenvalue weighted by Crippen LogP contribution is 2.12. The Hall–Kier alpha value is -1.58. The number of carbonyl (C=O) groups excluding carboxylic acids is 2. The quantitative estimate of drug-likeness (QED) is 0.584. The van der Waals surface area contributed by atoms with E-state index in [4.69, 9.17) is 0 Å². The molecule has 86 valence electrons. The average Bonchev–Trinajstić information content (AvgIpc) is 2.21. The first-order chi connectivity index (χ1) is 7.41. The van der Waals surface area contributed by atoms with Crippen molar-refractivity contribution in [1.29, 1.82) is 0 Å². The zero-order chi connectivity index (χ0) is 12.3. The molecule has 0 heterocycles. The highest BCUT2D eigenvalue weighted by Gasteiger charge is 2.20. The van der Waals surface area contributed by atoms with Crippen LogP contribution in [0.15, 0.2) is 18.2 Å². The molecule has 0 spiro atoms. The summed E-state index contributed by atoms with van der Waals surface area (Å²) in [4.78, 5) is 22.2. The van der Waals surface area contributed by atoms with E-state index < -0.39 is 24.4 Å². The molecule has 4 heteroatoms. The number of benzene rings is 1. The fourth-order valence-corrected chi connectivity index (χ4v) is 1.25. The Morgan fingerprint density at radius 3 is 2.31 bits per heavy atom. The maximum absolute atomic E-state index is 11.9. The highest BCUT2D eigenvalue weighted by atomic mass is 19.3. The summed E-state index contributed by atoms with van der Waals surface area (Å²) < 4.78 is 23.9. The summed E-state index contributed by atoms with van der Waals surface area (Å²) in [5, 5.41) is 0. The van der Waals surface area contributed by atoms with Gasteiger partial charge in [0.25, 0.3) is 6.43 Å². The molecule has 1 rings (SSSR count). The van der Waals surface area contributed by atoms with Crippen LogP contribution in [0.1, 0.15) is 27.9 Å². The predicted molar refractivity (Wildman–Crippen MR) is 55.9 cm³/mol. The first-order valence-electron chi connectivity index (χ1n) is 4.83. The van der Waals surface area contributed by atoms with Crippen molar-refractivity contribution in [1.82, 2.24) is 0 Å². The van der Waals surface area contributed by atoms with Gasteiger partial charge in [0, 0.05) is 5.56 Å². The second-order valence-electron chi connectivity index (χ2n) is 3.67. The van der Waals surface area contributed by atoms with E-state index in [1.54, 1.807) is 18.2 Å². The molecule has 0 bridgehead atoms. The lowest BCUT2D eigenvalue weighted by Crippen LogP contribution is -2.15. The van der Waals surface area contributed by atoms with E-state index in [0.717, 1.165) is 11.1 Å². The number of aryl methyl sites for hydroxylation is 2. The molecule has 0 aliphatic carbocycles. The molecule has 0 aromatic heterocycles. The molecule has 0 radical (unpaired) electrons. The number of alkyl halides is 2. The van der Waals surface area contributed by atoms with Gasteiger partial charge in [0.05, 0.1) is 6.42 Å². The second kappa shape index (κ2) is 4.96. The first kappa shape index (κ1) is 12.5. The Morgan fingerprint density at radius 1 is 1.19 bits per heavy atom. The third-order valence-electron chi connectivity index (χ3n) is 2.41. The fourth-order valence-electron chi connectivity index (χ4n) is 1.25. The number of halogens is 2. The Bertz CT molecular complexity index is 425. The maximum atomic E-state index is 11.9. The summed E-state index contributed by atoms with van der Waals surface area (Å²) in [6.45, 7) is 3.70. The fraction of sp³-hybridized carbons (Fsp3) is 0.333. The summed E-state index contributed by atoms with van der Waals surface area (Å²) in [7, 11) is 0. The predicted octanol–water partition coefficient (Wildman–Crippen LogP) is 2.71. The molecule has 0 N–H and O–H groups in total. The summed E-state index contributed by atoms with van der Waals surface area (Å²) in [5.41, 5.74) is 2.21. The van der Waals surface area contributed by atoms with Crippen molar-refractivity contribution < 1.29 is 18.4 Å². The van der Waals surface area contributed by atoms with Gasteiger partial charge in [-0.25, -0.2) is 8.78 Å². The van der Waals surface area contributed by atoms with Crippen LogP contribution in [0.5, 0.6) is 0 Å². The Kier molecular flexibility index (Phi) is 3.88. The molecule has 0 aliphatic heterocycles. The molecular weight excluding hydrogens is 214 g/mol. The first-order valence-corrected chi connectivity index (χ1v) is 4.83. The minimum atomic E-state index is -3.07. The molecule has 2 nitrogen and oxygen atoms in total. The van der Waals surface area contributed by atoms with Crippen LogP contribution in [-0.4, -0.2) is 18.0 Å². The number of hydrogen-bond acceptors (Lipinski definition) is 2. The summed E-state index contributed by atoms with van der Waals surface area (Å²) in [5.74, 6) is -1.89. The van der Waals surface area contributed by atoms with Gasteiger partial charge < -0.3 is 0 Å². The van der Waals surface area contributed by atoms with E-state index >= 15 is 0 Å². The normalized spacial score (nSPS) is 10.6. The lowest BCUT2D eigenvalue weighted by Gasteiger charge is -2.04. The molecule has 0 fully saturated rings. The lowest BCUT2D eigenvalue weighted by atomic mass is 10.0. The molecule has 0 unspecified atom stereocenters. The average molecular weight is 226 g/mol. The van der Waals surface area contributed by atoms with Crippen LogP contribution in [-0.2, 0) is 4.79 Å². The monoisotopic (exact) mass is 226 g/mol. The zero-order valence-electron chi connectivity index (χ0n) is 9.09. The van der Waals surface area contributed by atoms with Crippen LogP contribution < -0.4 is 0 Å². The molecule has 1 aromatic rings. The van der Waals surface area contributed by atoms with Gasteiger partial charge in [0.1, 0.15) is 0 Å². The van der Waals surface area contributed by atoms with Gasteiger partial charge >= 0.3 is 0 Å². The number of hydrogen-bond donors (Lipinski definition) is 0. The molecule has 0 amide bonds. The van der Waals surface area contributed by atoms with Crippen LogP contribution in [0.4, 0.5) is 8.78 Å². The number of carbonyl (C=O) groups is 2. The smallest absolute Gasteiger partial charge is 0.294 e. The molecule has 16 heavy (non-hydrogen) atoms. The third-order valence-corrected chi connectivity index (χ3v) is 2.41. The molecular formula is C12H12F2O2. The van der Waals surface area contributed by atoms with Crippen molar-refractivity contribution in [2.45, 2.75) is 26.7 Å². The van der Waals surface area contributed by atoms with Gasteiger partial charge in [-0.3, -0.25) is 9.59 Å². The minimum Gasteiger partial charge on any atom is -0.294 e. The topological polar surface area (TPSA) is 34.1 Å². The van der Waals surface area contributed by atoms with Gasteiger partial charge in [0.15, 0.2) is 5.78 Å². The largest absolute Gasteiger partial charge is 0.296 e. The van der Waals surface area contributed by atoms with Gasteiger partial charge in [-0.05, 0) is 31.0 Å². The van der Waals surface area contributed by atoms with E-state index in [1.807, 2.05) is 13.8 Å². The second-order valence-corrected chi connectivity index (χ2v) is 3.67. The molecule has 0 atom stereocenters. The Morgan fingerprint density at radius 2 is 1.81 bits per heavy atom. The van der Waals surface area contributed by atoms with Crippen molar-refractivity contribution in [2.24, 2.45) is 0 Å². The molecule has 0 aliphatic rings. The minimum absolute atomic E-state index is 0.303. The van der Waals surface area contributed by atoms with Crippen LogP contribution >= 0.6 is 0 Å². The van der Waals surface area contributed by atoms with Gasteiger partial charge in [0.2, 0.25) is 5.78 Å².